The molecule has 0 aromatic heterocycles. The molecule has 0 aliphatic heterocycles. The lowest BCUT2D eigenvalue weighted by atomic mass is 10.2. The van der Waals surface area contributed by atoms with Crippen LogP contribution in [0.3, 0.4) is 0 Å². The van der Waals surface area contributed by atoms with Crippen molar-refractivity contribution in [3.63, 3.8) is 0 Å². The normalized spacial score (nSPS) is 12.7. The van der Waals surface area contributed by atoms with Crippen LogP contribution in [0.5, 0.6) is 0 Å². The first-order chi connectivity index (χ1) is 4.22. The molecule has 1 unspecified atom stereocenters. The highest BCUT2D eigenvalue weighted by molar-refractivity contribution is 6.38. The lowest BCUT2D eigenvalue weighted by molar-refractivity contribution is -0.121. The monoisotopic (exact) mass is 148 g/mol. The highest BCUT2D eigenvalue weighted by atomic mass is 35.5. The van der Waals surface area contributed by atoms with Crippen LogP contribution >= 0.6 is 11.6 Å². The molecule has 0 amide bonds. The van der Waals surface area contributed by atoms with Gasteiger partial charge in [-0.3, -0.25) is 4.79 Å². The van der Waals surface area contributed by atoms with E-state index in [4.69, 9.17) is 11.6 Å². The molecule has 1 atom stereocenters. The lowest BCUT2D eigenvalue weighted by Gasteiger charge is -1.95. The second-order valence-corrected chi connectivity index (χ2v) is 2.22. The Kier molecular flexibility index (Phi) is 4.32. The summed E-state index contributed by atoms with van der Waals surface area (Å²) in [7, 11) is 0. The molecule has 3 heteroatoms. The van der Waals surface area contributed by atoms with Crippen LogP contribution in [0.1, 0.15) is 19.8 Å². The van der Waals surface area contributed by atoms with E-state index in [1.54, 1.807) is 0 Å². The molecule has 0 aromatic rings. The van der Waals surface area contributed by atoms with E-state index in [0.29, 0.717) is 12.7 Å². The van der Waals surface area contributed by atoms with E-state index in [9.17, 15) is 9.59 Å². The molecule has 0 fully saturated rings. The van der Waals surface area contributed by atoms with E-state index >= 15 is 0 Å². The van der Waals surface area contributed by atoms with Gasteiger partial charge in [-0.1, -0.05) is 6.92 Å². The third kappa shape index (κ3) is 3.25. The molecule has 0 spiro atoms. The molecular formula is C6H9ClO2. The minimum absolute atomic E-state index is 0.186. The standard InChI is InChI=1S/C6H9ClO2/c1-2-3-6(9)5(7)4-8/h4-5H,2-3H2,1H3. The SMILES string of the molecule is CCCC(=O)C(Cl)C=O. The van der Waals surface area contributed by atoms with E-state index in [2.05, 4.69) is 0 Å². The van der Waals surface area contributed by atoms with Crippen molar-refractivity contribution in [1.82, 2.24) is 0 Å². The molecule has 0 aliphatic carbocycles. The Morgan fingerprint density at radius 3 is 2.67 bits per heavy atom. The van der Waals surface area contributed by atoms with E-state index < -0.39 is 5.38 Å². The molecule has 0 aliphatic rings. The van der Waals surface area contributed by atoms with Crippen molar-refractivity contribution in [1.29, 1.82) is 0 Å². The van der Waals surface area contributed by atoms with Crippen LogP contribution in [0.4, 0.5) is 0 Å². The van der Waals surface area contributed by atoms with Crippen molar-refractivity contribution in [3.8, 4) is 0 Å². The predicted octanol–water partition coefficient (Wildman–Crippen LogP) is 1.16. The van der Waals surface area contributed by atoms with Crippen molar-refractivity contribution >= 4 is 23.7 Å². The topological polar surface area (TPSA) is 34.1 Å². The second-order valence-electron chi connectivity index (χ2n) is 1.75. The van der Waals surface area contributed by atoms with E-state index in [-0.39, 0.29) is 5.78 Å². The third-order valence-electron chi connectivity index (χ3n) is 0.923. The number of alkyl halides is 1. The summed E-state index contributed by atoms with van der Waals surface area (Å²) in [4.78, 5) is 20.5. The van der Waals surface area contributed by atoms with Gasteiger partial charge in [0, 0.05) is 6.42 Å². The van der Waals surface area contributed by atoms with Crippen molar-refractivity contribution in [2.75, 3.05) is 0 Å². The van der Waals surface area contributed by atoms with Crippen molar-refractivity contribution < 1.29 is 9.59 Å². The molecule has 0 aromatic carbocycles. The summed E-state index contributed by atoms with van der Waals surface area (Å²) in [5.41, 5.74) is 0. The largest absolute Gasteiger partial charge is 0.301 e. The number of rotatable bonds is 4. The molecule has 2 nitrogen and oxygen atoms in total. The van der Waals surface area contributed by atoms with E-state index in [1.807, 2.05) is 6.92 Å². The summed E-state index contributed by atoms with van der Waals surface area (Å²) in [6.45, 7) is 1.87. The van der Waals surface area contributed by atoms with Gasteiger partial charge in [-0.25, -0.2) is 0 Å². The first kappa shape index (κ1) is 8.63. The fourth-order valence-corrected chi connectivity index (χ4v) is 0.569. The number of aldehydes is 1. The molecule has 9 heavy (non-hydrogen) atoms. The molecular weight excluding hydrogens is 140 g/mol. The number of Topliss-reactive ketones (excluding diaryl/α,β-unsaturated/α-hetero) is 1. The average molecular weight is 149 g/mol. The fraction of sp³-hybridized carbons (Fsp3) is 0.667. The molecule has 0 radical (unpaired) electrons. The first-order valence-corrected chi connectivity index (χ1v) is 3.28. The maximum Gasteiger partial charge on any atom is 0.157 e. The minimum Gasteiger partial charge on any atom is -0.301 e. The summed E-state index contributed by atoms with van der Waals surface area (Å²) < 4.78 is 0. The van der Waals surface area contributed by atoms with Crippen LogP contribution < -0.4 is 0 Å². The molecule has 52 valence electrons. The fourth-order valence-electron chi connectivity index (χ4n) is 0.460. The van der Waals surface area contributed by atoms with Crippen LogP contribution in [0.2, 0.25) is 0 Å². The van der Waals surface area contributed by atoms with Gasteiger partial charge in [-0.15, -0.1) is 11.6 Å². The van der Waals surface area contributed by atoms with Crippen molar-refractivity contribution in [3.05, 3.63) is 0 Å². The highest BCUT2D eigenvalue weighted by Gasteiger charge is 2.11. The maximum absolute atomic E-state index is 10.6. The summed E-state index contributed by atoms with van der Waals surface area (Å²) in [5, 5.41) is -0.926. The molecule has 0 saturated carbocycles. The number of carbonyl (C=O) groups excluding carboxylic acids is 2. The zero-order valence-corrected chi connectivity index (χ0v) is 6.02. The molecule has 0 saturated heterocycles. The number of hydrogen-bond acceptors (Lipinski definition) is 2. The number of ketones is 1. The Hall–Kier alpha value is -0.370. The van der Waals surface area contributed by atoms with E-state index in [1.165, 1.54) is 0 Å². The predicted molar refractivity (Wildman–Crippen MR) is 35.6 cm³/mol. The van der Waals surface area contributed by atoms with Crippen LogP contribution in [-0.2, 0) is 9.59 Å². The summed E-state index contributed by atoms with van der Waals surface area (Å²) in [6, 6.07) is 0. The van der Waals surface area contributed by atoms with Gasteiger partial charge in [-0.05, 0) is 6.42 Å². The Balaban J connectivity index is 3.58. The van der Waals surface area contributed by atoms with Gasteiger partial charge in [-0.2, -0.15) is 0 Å². The van der Waals surface area contributed by atoms with Gasteiger partial charge in [0.25, 0.3) is 0 Å². The van der Waals surface area contributed by atoms with E-state index in [0.717, 1.165) is 6.42 Å². The van der Waals surface area contributed by atoms with Gasteiger partial charge in [0.05, 0.1) is 0 Å². The van der Waals surface area contributed by atoms with Crippen LogP contribution in [0.15, 0.2) is 0 Å². The Labute approximate surface area is 59.2 Å². The van der Waals surface area contributed by atoms with Gasteiger partial charge in [0.2, 0.25) is 0 Å². The Bertz CT molecular complexity index is 112. The van der Waals surface area contributed by atoms with Gasteiger partial charge < -0.3 is 4.79 Å². The third-order valence-corrected chi connectivity index (χ3v) is 1.27. The van der Waals surface area contributed by atoms with Gasteiger partial charge in [0.15, 0.2) is 5.78 Å². The quantitative estimate of drug-likeness (QED) is 0.341. The summed E-state index contributed by atoms with van der Waals surface area (Å²) >= 11 is 5.28. The van der Waals surface area contributed by atoms with Crippen LogP contribution in [0, 0.1) is 0 Å². The Morgan fingerprint density at radius 2 is 2.33 bits per heavy atom. The maximum atomic E-state index is 10.6. The highest BCUT2D eigenvalue weighted by Crippen LogP contribution is 1.99. The lowest BCUT2D eigenvalue weighted by Crippen LogP contribution is -2.14. The second kappa shape index (κ2) is 4.50. The first-order valence-electron chi connectivity index (χ1n) is 2.84. The molecule has 0 heterocycles. The Morgan fingerprint density at radius 1 is 1.78 bits per heavy atom. The number of halogens is 1. The van der Waals surface area contributed by atoms with Crippen LogP contribution in [-0.4, -0.2) is 17.4 Å². The van der Waals surface area contributed by atoms with Gasteiger partial charge >= 0.3 is 0 Å². The van der Waals surface area contributed by atoms with Crippen molar-refractivity contribution in [2.24, 2.45) is 0 Å². The molecule has 0 N–H and O–H groups in total. The molecule has 0 bridgehead atoms. The zero-order chi connectivity index (χ0) is 7.28. The van der Waals surface area contributed by atoms with Crippen LogP contribution in [0.25, 0.3) is 0 Å². The zero-order valence-electron chi connectivity index (χ0n) is 5.26. The minimum atomic E-state index is -0.926. The van der Waals surface area contributed by atoms with Crippen molar-refractivity contribution in [2.45, 2.75) is 25.1 Å². The average Bonchev–Trinajstić information content (AvgIpc) is 1.87. The number of hydrogen-bond donors (Lipinski definition) is 0. The summed E-state index contributed by atoms with van der Waals surface area (Å²) in [5.74, 6) is -0.186. The van der Waals surface area contributed by atoms with Gasteiger partial charge in [0.1, 0.15) is 11.7 Å². The smallest absolute Gasteiger partial charge is 0.157 e. The molecule has 0 rings (SSSR count). The summed E-state index contributed by atoms with van der Waals surface area (Å²) in [6.07, 6.45) is 1.60. The number of carbonyl (C=O) groups is 2.